The molecule has 3 aliphatic carbocycles. The molecule has 4 heterocycles. The highest BCUT2D eigenvalue weighted by Gasteiger charge is 2.63. The highest BCUT2D eigenvalue weighted by molar-refractivity contribution is 6.10. The minimum absolute atomic E-state index is 0.0338. The lowest BCUT2D eigenvalue weighted by atomic mass is 9.63. The number of imide groups is 1. The second-order valence-electron chi connectivity index (χ2n) is 12.2. The molecule has 9 heteroatoms. The van der Waals surface area contributed by atoms with Gasteiger partial charge >= 0.3 is 0 Å². The molecule has 6 fully saturated rings. The molecule has 3 amide bonds. The van der Waals surface area contributed by atoms with Crippen molar-refractivity contribution in [2.45, 2.75) is 87.9 Å². The summed E-state index contributed by atoms with van der Waals surface area (Å²) in [5.74, 6) is -1.72. The minimum Gasteiger partial charge on any atom is -0.489 e. The fourth-order valence-electron chi connectivity index (χ4n) is 7.80. The van der Waals surface area contributed by atoms with Crippen LogP contribution in [-0.4, -0.2) is 64.2 Å². The lowest BCUT2D eigenvalue weighted by Gasteiger charge is -2.53. The summed E-state index contributed by atoms with van der Waals surface area (Å²) >= 11 is 0. The Bertz CT molecular complexity index is 1150. The molecule has 1 aromatic carbocycles. The average Bonchev–Trinajstić information content (AvgIpc) is 3.37. The first-order chi connectivity index (χ1) is 17.7. The number of rotatable bonds is 5. The van der Waals surface area contributed by atoms with Crippen LogP contribution in [0.15, 0.2) is 18.2 Å². The molecule has 1 N–H and O–H groups in total. The largest absolute Gasteiger partial charge is 0.489 e. The van der Waals surface area contributed by atoms with Crippen LogP contribution in [0.25, 0.3) is 0 Å². The van der Waals surface area contributed by atoms with Crippen LogP contribution in [0.5, 0.6) is 5.75 Å². The summed E-state index contributed by atoms with van der Waals surface area (Å²) < 4.78 is 33.5. The van der Waals surface area contributed by atoms with Gasteiger partial charge in [-0.25, -0.2) is 8.78 Å². The van der Waals surface area contributed by atoms with Crippen molar-refractivity contribution in [3.63, 3.8) is 0 Å². The van der Waals surface area contributed by atoms with Crippen LogP contribution >= 0.6 is 0 Å². The van der Waals surface area contributed by atoms with E-state index < -0.39 is 11.5 Å². The fourth-order valence-corrected chi connectivity index (χ4v) is 7.80. The molecule has 2 atom stereocenters. The molecular weight excluding hydrogens is 480 g/mol. The van der Waals surface area contributed by atoms with Gasteiger partial charge in [-0.15, -0.1) is 0 Å². The number of nitrogens with one attached hydrogen (secondary N) is 1. The van der Waals surface area contributed by atoms with Crippen LogP contribution < -0.4 is 10.1 Å². The Morgan fingerprint density at radius 1 is 0.973 bits per heavy atom. The molecule has 0 aromatic heterocycles. The van der Waals surface area contributed by atoms with Crippen LogP contribution in [-0.2, 0) is 16.1 Å². The van der Waals surface area contributed by atoms with Crippen LogP contribution in [0, 0.1) is 17.8 Å². The van der Waals surface area contributed by atoms with Gasteiger partial charge < -0.3 is 9.64 Å². The number of nitrogens with zero attached hydrogens (tertiary/aromatic N) is 2. The van der Waals surface area contributed by atoms with E-state index in [2.05, 4.69) is 10.2 Å². The summed E-state index contributed by atoms with van der Waals surface area (Å²) in [7, 11) is 0. The lowest BCUT2D eigenvalue weighted by Crippen LogP contribution is -2.73. The van der Waals surface area contributed by atoms with Crippen molar-refractivity contribution in [1.29, 1.82) is 0 Å². The number of alkyl halides is 2. The molecule has 0 spiro atoms. The van der Waals surface area contributed by atoms with E-state index in [1.54, 1.807) is 11.0 Å². The standard InChI is InChI=1S/C28H33F2N3O4/c29-28(30)8-6-16(7-9-28)19-13-32(14-19)22-2-1-3-23(22)37-20-4-5-21-17(10-20)15-33(25(21)35)27-11-18(12-27)24(34)31-26(27)36/h4-5,10,16,18-19,22-23H,1-3,6-9,11-15H2,(H,31,34,36)/t18?,22-,23-,27?/m0/s1. The van der Waals surface area contributed by atoms with E-state index in [1.165, 1.54) is 0 Å². The Labute approximate surface area is 214 Å². The van der Waals surface area contributed by atoms with Gasteiger partial charge in [-0.2, -0.15) is 0 Å². The summed E-state index contributed by atoms with van der Waals surface area (Å²) in [4.78, 5) is 41.8. The van der Waals surface area contributed by atoms with Crippen LogP contribution in [0.2, 0.25) is 0 Å². The number of ether oxygens (including phenoxy) is 1. The second kappa shape index (κ2) is 8.22. The SMILES string of the molecule is O=C1NC(=O)C2(N3Cc4cc(O[C@H]5CCC[C@@H]5N5CC(C6CCC(F)(F)CC6)C5)ccc4C3=O)CC1C2. The second-order valence-corrected chi connectivity index (χ2v) is 12.2. The summed E-state index contributed by atoms with van der Waals surface area (Å²) in [5.41, 5.74) is 0.549. The lowest BCUT2D eigenvalue weighted by molar-refractivity contribution is -0.160. The fraction of sp³-hybridized carbons (Fsp3) is 0.679. The Morgan fingerprint density at radius 2 is 1.73 bits per heavy atom. The highest BCUT2D eigenvalue weighted by atomic mass is 19.3. The van der Waals surface area contributed by atoms with E-state index >= 15 is 0 Å². The molecule has 0 unspecified atom stereocenters. The molecule has 2 bridgehead atoms. The summed E-state index contributed by atoms with van der Waals surface area (Å²) in [6.07, 6.45) is 5.39. The van der Waals surface area contributed by atoms with Gasteiger partial charge in [0, 0.05) is 50.0 Å². The van der Waals surface area contributed by atoms with Gasteiger partial charge in [-0.1, -0.05) is 0 Å². The van der Waals surface area contributed by atoms with Gasteiger partial charge in [0.2, 0.25) is 11.8 Å². The summed E-state index contributed by atoms with van der Waals surface area (Å²) in [5, 5.41) is 2.42. The molecule has 3 saturated heterocycles. The third-order valence-electron chi connectivity index (χ3n) is 10.1. The van der Waals surface area contributed by atoms with Crippen molar-refractivity contribution in [3.8, 4) is 5.75 Å². The van der Waals surface area contributed by atoms with E-state index in [0.717, 1.165) is 43.7 Å². The van der Waals surface area contributed by atoms with Crippen LogP contribution in [0.3, 0.4) is 0 Å². The molecule has 3 saturated carbocycles. The number of amides is 3. The zero-order valence-corrected chi connectivity index (χ0v) is 20.9. The number of hydrogen-bond donors (Lipinski definition) is 1. The normalized spacial score (nSPS) is 35.7. The van der Waals surface area contributed by atoms with Crippen molar-refractivity contribution >= 4 is 17.7 Å². The predicted octanol–water partition coefficient (Wildman–Crippen LogP) is 3.50. The first-order valence-electron chi connectivity index (χ1n) is 13.8. The maximum absolute atomic E-state index is 13.5. The number of hydrogen-bond acceptors (Lipinski definition) is 5. The highest BCUT2D eigenvalue weighted by Crippen LogP contribution is 2.49. The Hall–Kier alpha value is -2.55. The van der Waals surface area contributed by atoms with Gasteiger partial charge in [-0.3, -0.25) is 24.6 Å². The Balaban J connectivity index is 0.986. The number of benzene rings is 1. The first-order valence-corrected chi connectivity index (χ1v) is 13.8. The summed E-state index contributed by atoms with van der Waals surface area (Å²) in [6, 6.07) is 5.92. The number of likely N-dealkylation sites (tertiary alicyclic amines) is 1. The molecule has 198 valence electrons. The maximum atomic E-state index is 13.5. The molecule has 0 radical (unpaired) electrons. The van der Waals surface area contributed by atoms with Crippen molar-refractivity contribution in [3.05, 3.63) is 29.3 Å². The molecule has 7 nitrogen and oxygen atoms in total. The van der Waals surface area contributed by atoms with Gasteiger partial charge in [0.25, 0.3) is 11.8 Å². The molecule has 37 heavy (non-hydrogen) atoms. The van der Waals surface area contributed by atoms with E-state index in [1.807, 2.05) is 12.1 Å². The Morgan fingerprint density at radius 3 is 2.46 bits per heavy atom. The van der Waals surface area contributed by atoms with Gasteiger partial charge in [0.05, 0.1) is 0 Å². The number of halogens is 2. The quantitative estimate of drug-likeness (QED) is 0.610. The molecule has 8 rings (SSSR count). The van der Waals surface area contributed by atoms with Gasteiger partial charge in [0.15, 0.2) is 0 Å². The third kappa shape index (κ3) is 3.71. The number of piperidine rings is 2. The predicted molar refractivity (Wildman–Crippen MR) is 129 cm³/mol. The summed E-state index contributed by atoms with van der Waals surface area (Å²) in [6.45, 7) is 2.30. The smallest absolute Gasteiger partial charge is 0.255 e. The number of carbonyl (C=O) groups excluding carboxylic acids is 3. The van der Waals surface area contributed by atoms with E-state index in [0.29, 0.717) is 55.7 Å². The van der Waals surface area contributed by atoms with Crippen LogP contribution in [0.4, 0.5) is 8.78 Å². The maximum Gasteiger partial charge on any atom is 0.255 e. The average molecular weight is 514 g/mol. The number of carbonyl (C=O) groups is 3. The Kier molecular flexibility index (Phi) is 5.24. The zero-order chi connectivity index (χ0) is 25.5. The van der Waals surface area contributed by atoms with Crippen molar-refractivity contribution in [2.75, 3.05) is 13.1 Å². The molecule has 4 aliphatic heterocycles. The van der Waals surface area contributed by atoms with E-state index in [-0.39, 0.29) is 42.6 Å². The van der Waals surface area contributed by atoms with Crippen molar-refractivity contribution in [1.82, 2.24) is 15.1 Å². The van der Waals surface area contributed by atoms with Gasteiger partial charge in [-0.05, 0) is 80.5 Å². The molecular formula is C28H33F2N3O4. The topological polar surface area (TPSA) is 79.0 Å². The number of fused-ring (bicyclic) bond motifs is 3. The third-order valence-corrected chi connectivity index (χ3v) is 10.1. The van der Waals surface area contributed by atoms with E-state index in [4.69, 9.17) is 4.74 Å². The van der Waals surface area contributed by atoms with Gasteiger partial charge in [0.1, 0.15) is 17.4 Å². The molecule has 7 aliphatic rings. The zero-order valence-electron chi connectivity index (χ0n) is 20.9. The van der Waals surface area contributed by atoms with Crippen LogP contribution in [0.1, 0.15) is 73.7 Å². The van der Waals surface area contributed by atoms with E-state index in [9.17, 15) is 23.2 Å². The minimum atomic E-state index is -2.47. The van der Waals surface area contributed by atoms with Crippen molar-refractivity contribution in [2.24, 2.45) is 17.8 Å². The monoisotopic (exact) mass is 513 g/mol. The first kappa shape index (κ1) is 23.6. The molecule has 1 aromatic rings. The van der Waals surface area contributed by atoms with Crippen molar-refractivity contribution < 1.29 is 27.9 Å².